The van der Waals surface area contributed by atoms with Crippen LogP contribution in [0.1, 0.15) is 5.56 Å². The van der Waals surface area contributed by atoms with Gasteiger partial charge in [0, 0.05) is 45.1 Å². The van der Waals surface area contributed by atoms with Gasteiger partial charge >= 0.3 is 0 Å². The largest absolute Gasteiger partial charge is 0.354 e. The van der Waals surface area contributed by atoms with E-state index in [-0.39, 0.29) is 0 Å². The van der Waals surface area contributed by atoms with Gasteiger partial charge in [-0.1, -0.05) is 23.7 Å². The maximum Gasteiger partial charge on any atom is 0.129 e. The summed E-state index contributed by atoms with van der Waals surface area (Å²) in [5.41, 5.74) is 1.21. The molecule has 0 spiro atoms. The normalized spacial score (nSPS) is 16.4. The Kier molecular flexibility index (Phi) is 4.14. The van der Waals surface area contributed by atoms with E-state index in [1.807, 2.05) is 36.7 Å². The number of nitrogens with zero attached hydrogens (tertiary/aromatic N) is 4. The summed E-state index contributed by atoms with van der Waals surface area (Å²) in [7, 11) is 0. The number of rotatable bonds is 3. The summed E-state index contributed by atoms with van der Waals surface area (Å²) in [5, 5.41) is 0.550. The average Bonchev–Trinajstić information content (AvgIpc) is 2.51. The fraction of sp³-hybridized carbons (Fsp3) is 0.333. The van der Waals surface area contributed by atoms with Gasteiger partial charge in [0.25, 0.3) is 0 Å². The Morgan fingerprint density at radius 3 is 2.50 bits per heavy atom. The second-order valence-corrected chi connectivity index (χ2v) is 5.33. The minimum absolute atomic E-state index is 0.550. The number of piperazine rings is 1. The lowest BCUT2D eigenvalue weighted by molar-refractivity contribution is 0.249. The third-order valence-electron chi connectivity index (χ3n) is 3.54. The van der Waals surface area contributed by atoms with Crippen LogP contribution in [0, 0.1) is 0 Å². The first-order valence-electron chi connectivity index (χ1n) is 6.80. The zero-order valence-corrected chi connectivity index (χ0v) is 12.0. The number of halogens is 1. The van der Waals surface area contributed by atoms with Crippen LogP contribution in [0.4, 0.5) is 5.82 Å². The van der Waals surface area contributed by atoms with Gasteiger partial charge < -0.3 is 4.90 Å². The molecule has 20 heavy (non-hydrogen) atoms. The van der Waals surface area contributed by atoms with Crippen molar-refractivity contribution in [1.29, 1.82) is 0 Å². The summed E-state index contributed by atoms with van der Waals surface area (Å²) >= 11 is 5.80. The zero-order valence-electron chi connectivity index (χ0n) is 11.2. The number of pyridine rings is 2. The van der Waals surface area contributed by atoms with Crippen molar-refractivity contribution in [2.75, 3.05) is 31.1 Å². The Morgan fingerprint density at radius 1 is 1.00 bits per heavy atom. The first-order chi connectivity index (χ1) is 9.81. The highest BCUT2D eigenvalue weighted by Gasteiger charge is 2.17. The molecule has 0 aromatic carbocycles. The van der Waals surface area contributed by atoms with Crippen LogP contribution in [0.3, 0.4) is 0 Å². The highest BCUT2D eigenvalue weighted by Crippen LogP contribution is 2.14. The van der Waals surface area contributed by atoms with E-state index in [0.29, 0.717) is 5.15 Å². The lowest BCUT2D eigenvalue weighted by Gasteiger charge is -2.35. The summed E-state index contributed by atoms with van der Waals surface area (Å²) in [6.45, 7) is 5.04. The van der Waals surface area contributed by atoms with Crippen LogP contribution in [0.2, 0.25) is 5.15 Å². The Balaban J connectivity index is 1.55. The summed E-state index contributed by atoms with van der Waals surface area (Å²) in [6, 6.07) is 9.95. The number of hydrogen-bond acceptors (Lipinski definition) is 4. The third-order valence-corrected chi connectivity index (χ3v) is 3.76. The lowest BCUT2D eigenvalue weighted by Crippen LogP contribution is -2.46. The number of hydrogen-bond donors (Lipinski definition) is 0. The van der Waals surface area contributed by atoms with Crippen LogP contribution in [0.15, 0.2) is 42.7 Å². The van der Waals surface area contributed by atoms with E-state index in [4.69, 9.17) is 11.6 Å². The summed E-state index contributed by atoms with van der Waals surface area (Å²) in [6.07, 6.45) is 3.70. The van der Waals surface area contributed by atoms with E-state index in [1.165, 1.54) is 5.56 Å². The van der Waals surface area contributed by atoms with Crippen molar-refractivity contribution in [3.63, 3.8) is 0 Å². The molecule has 0 bridgehead atoms. The van der Waals surface area contributed by atoms with Crippen LogP contribution < -0.4 is 4.90 Å². The molecule has 0 N–H and O–H groups in total. The molecule has 0 atom stereocenters. The van der Waals surface area contributed by atoms with Crippen molar-refractivity contribution >= 4 is 17.4 Å². The second-order valence-electron chi connectivity index (χ2n) is 4.94. The highest BCUT2D eigenvalue weighted by atomic mass is 35.5. The van der Waals surface area contributed by atoms with Crippen molar-refractivity contribution < 1.29 is 0 Å². The third kappa shape index (κ3) is 3.26. The quantitative estimate of drug-likeness (QED) is 0.812. The Morgan fingerprint density at radius 2 is 1.85 bits per heavy atom. The molecule has 0 aliphatic carbocycles. The molecule has 2 aromatic heterocycles. The van der Waals surface area contributed by atoms with Gasteiger partial charge in [0.2, 0.25) is 0 Å². The van der Waals surface area contributed by atoms with Gasteiger partial charge in [-0.05, 0) is 23.8 Å². The average molecular weight is 289 g/mol. The molecular formula is C15H17ClN4. The van der Waals surface area contributed by atoms with E-state index in [9.17, 15) is 0 Å². The summed E-state index contributed by atoms with van der Waals surface area (Å²) < 4.78 is 0. The topological polar surface area (TPSA) is 32.3 Å². The second kappa shape index (κ2) is 6.20. The molecule has 4 nitrogen and oxygen atoms in total. The molecule has 5 heteroatoms. The lowest BCUT2D eigenvalue weighted by atomic mass is 10.2. The van der Waals surface area contributed by atoms with Crippen LogP contribution in [-0.4, -0.2) is 41.0 Å². The molecule has 0 saturated carbocycles. The maximum absolute atomic E-state index is 5.80. The van der Waals surface area contributed by atoms with Crippen molar-refractivity contribution in [3.8, 4) is 0 Å². The molecule has 1 fully saturated rings. The predicted molar refractivity (Wildman–Crippen MR) is 81.0 cm³/mol. The van der Waals surface area contributed by atoms with E-state index in [0.717, 1.165) is 38.5 Å². The van der Waals surface area contributed by atoms with E-state index >= 15 is 0 Å². The Hall–Kier alpha value is -1.65. The van der Waals surface area contributed by atoms with Gasteiger partial charge in [0.05, 0.1) is 0 Å². The molecule has 1 aliphatic heterocycles. The number of aromatic nitrogens is 2. The van der Waals surface area contributed by atoms with Gasteiger partial charge in [-0.3, -0.25) is 4.90 Å². The predicted octanol–water partition coefficient (Wildman–Crippen LogP) is 2.45. The maximum atomic E-state index is 5.80. The van der Waals surface area contributed by atoms with Crippen molar-refractivity contribution in [1.82, 2.24) is 14.9 Å². The Labute approximate surface area is 124 Å². The van der Waals surface area contributed by atoms with Gasteiger partial charge in [0.1, 0.15) is 11.0 Å². The minimum atomic E-state index is 0.550. The standard InChI is InChI=1S/C15H17ClN4/c16-14-5-4-13(11-18-14)12-19-7-9-20(10-8-19)15-3-1-2-6-17-15/h1-6,11H,7-10,12H2. The van der Waals surface area contributed by atoms with Crippen LogP contribution in [-0.2, 0) is 6.54 Å². The van der Waals surface area contributed by atoms with Crippen LogP contribution in [0.25, 0.3) is 0 Å². The SMILES string of the molecule is Clc1ccc(CN2CCN(c3ccccn3)CC2)cn1. The van der Waals surface area contributed by atoms with E-state index in [2.05, 4.69) is 25.8 Å². The fourth-order valence-electron chi connectivity index (χ4n) is 2.43. The van der Waals surface area contributed by atoms with E-state index in [1.54, 1.807) is 0 Å². The first-order valence-corrected chi connectivity index (χ1v) is 7.18. The smallest absolute Gasteiger partial charge is 0.129 e. The van der Waals surface area contributed by atoms with Gasteiger partial charge in [0.15, 0.2) is 0 Å². The highest BCUT2D eigenvalue weighted by molar-refractivity contribution is 6.29. The zero-order chi connectivity index (χ0) is 13.8. The fourth-order valence-corrected chi connectivity index (χ4v) is 2.55. The van der Waals surface area contributed by atoms with Crippen molar-refractivity contribution in [2.45, 2.75) is 6.54 Å². The molecule has 1 saturated heterocycles. The molecule has 1 aliphatic rings. The molecule has 2 aromatic rings. The molecule has 0 radical (unpaired) electrons. The number of anilines is 1. The molecule has 3 rings (SSSR count). The molecule has 104 valence electrons. The molecule has 0 unspecified atom stereocenters. The monoisotopic (exact) mass is 288 g/mol. The molecule has 0 amide bonds. The molecular weight excluding hydrogens is 272 g/mol. The minimum Gasteiger partial charge on any atom is -0.354 e. The van der Waals surface area contributed by atoms with E-state index < -0.39 is 0 Å². The van der Waals surface area contributed by atoms with Gasteiger partial charge in [-0.15, -0.1) is 0 Å². The van der Waals surface area contributed by atoms with Crippen LogP contribution in [0.5, 0.6) is 0 Å². The summed E-state index contributed by atoms with van der Waals surface area (Å²) in [4.78, 5) is 13.3. The van der Waals surface area contributed by atoms with Gasteiger partial charge in [-0.25, -0.2) is 9.97 Å². The van der Waals surface area contributed by atoms with Crippen molar-refractivity contribution in [3.05, 3.63) is 53.4 Å². The van der Waals surface area contributed by atoms with Crippen LogP contribution >= 0.6 is 11.6 Å². The van der Waals surface area contributed by atoms with Crippen molar-refractivity contribution in [2.24, 2.45) is 0 Å². The molecule has 3 heterocycles. The Bertz CT molecular complexity index is 536. The first kappa shape index (κ1) is 13.3. The van der Waals surface area contributed by atoms with Gasteiger partial charge in [-0.2, -0.15) is 0 Å². The summed E-state index contributed by atoms with van der Waals surface area (Å²) in [5.74, 6) is 1.07.